The van der Waals surface area contributed by atoms with Crippen molar-refractivity contribution in [2.24, 2.45) is 5.92 Å². The molecule has 0 bridgehead atoms. The summed E-state index contributed by atoms with van der Waals surface area (Å²) in [7, 11) is -0.532. The second kappa shape index (κ2) is 5.79. The number of ether oxygens (including phenoxy) is 1. The molecule has 1 saturated heterocycles. The van der Waals surface area contributed by atoms with Crippen molar-refractivity contribution in [2.75, 3.05) is 33.8 Å². The minimum Gasteiger partial charge on any atom is -0.468 e. The van der Waals surface area contributed by atoms with E-state index in [1.165, 1.54) is 18.3 Å². The monoisotopic (exact) mass is 264 g/mol. The first-order chi connectivity index (χ1) is 7.93. The van der Waals surface area contributed by atoms with Gasteiger partial charge in [0.15, 0.2) is 5.25 Å². The molecule has 0 spiro atoms. The van der Waals surface area contributed by atoms with Crippen LogP contribution in [-0.4, -0.2) is 57.7 Å². The Morgan fingerprint density at radius 2 is 2.24 bits per heavy atom. The van der Waals surface area contributed by atoms with Crippen molar-refractivity contribution in [3.8, 4) is 0 Å². The molecule has 2 unspecified atom stereocenters. The molecule has 0 radical (unpaired) electrons. The topological polar surface area (TPSA) is 75.7 Å². The molecule has 1 aliphatic heterocycles. The molecule has 0 aromatic carbocycles. The van der Waals surface area contributed by atoms with Gasteiger partial charge in [-0.3, -0.25) is 4.79 Å². The molecule has 6 nitrogen and oxygen atoms in total. The molecular formula is C10H20N2O4S. The number of sulfonamides is 1. The third-order valence-corrected chi connectivity index (χ3v) is 5.22. The zero-order valence-corrected chi connectivity index (χ0v) is 11.3. The maximum atomic E-state index is 12.1. The third-order valence-electron chi connectivity index (χ3n) is 3.08. The molecular weight excluding hydrogens is 244 g/mol. The molecule has 7 heteroatoms. The average molecular weight is 264 g/mol. The van der Waals surface area contributed by atoms with Crippen molar-refractivity contribution in [3.05, 3.63) is 0 Å². The highest BCUT2D eigenvalue weighted by Crippen LogP contribution is 2.21. The van der Waals surface area contributed by atoms with Crippen LogP contribution in [0.3, 0.4) is 0 Å². The Labute approximate surface area is 102 Å². The van der Waals surface area contributed by atoms with Gasteiger partial charge in [0, 0.05) is 13.1 Å². The zero-order chi connectivity index (χ0) is 13.1. The number of carbonyl (C=O) groups excluding carboxylic acids is 1. The molecule has 1 aliphatic rings. The smallest absolute Gasteiger partial charge is 0.325 e. The van der Waals surface area contributed by atoms with E-state index in [2.05, 4.69) is 10.1 Å². The van der Waals surface area contributed by atoms with Crippen LogP contribution in [0.5, 0.6) is 0 Å². The van der Waals surface area contributed by atoms with Gasteiger partial charge in [-0.15, -0.1) is 0 Å². The molecule has 0 aromatic rings. The van der Waals surface area contributed by atoms with E-state index < -0.39 is 21.2 Å². The van der Waals surface area contributed by atoms with Gasteiger partial charge in [-0.05, 0) is 32.9 Å². The van der Waals surface area contributed by atoms with Crippen LogP contribution in [0.25, 0.3) is 0 Å². The maximum Gasteiger partial charge on any atom is 0.325 e. The Balaban J connectivity index is 2.70. The summed E-state index contributed by atoms with van der Waals surface area (Å²) in [6.45, 7) is 3.12. The van der Waals surface area contributed by atoms with E-state index in [1.807, 2.05) is 7.05 Å². The molecule has 1 N–H and O–H groups in total. The number of carbonyl (C=O) groups is 1. The molecule has 0 aliphatic carbocycles. The summed E-state index contributed by atoms with van der Waals surface area (Å²) in [5, 5.41) is 1.91. The van der Waals surface area contributed by atoms with E-state index in [1.54, 1.807) is 0 Å². The number of hydrogen-bond donors (Lipinski definition) is 1. The van der Waals surface area contributed by atoms with Crippen molar-refractivity contribution < 1.29 is 17.9 Å². The van der Waals surface area contributed by atoms with Gasteiger partial charge >= 0.3 is 5.97 Å². The van der Waals surface area contributed by atoms with E-state index in [9.17, 15) is 13.2 Å². The summed E-state index contributed by atoms with van der Waals surface area (Å²) in [6.07, 6.45) is 0.827. The lowest BCUT2D eigenvalue weighted by Crippen LogP contribution is -2.40. The lowest BCUT2D eigenvalue weighted by molar-refractivity contribution is -0.139. The zero-order valence-electron chi connectivity index (χ0n) is 10.5. The second-order valence-electron chi connectivity index (χ2n) is 4.28. The summed E-state index contributed by atoms with van der Waals surface area (Å²) in [5.74, 6) is -0.387. The lowest BCUT2D eigenvalue weighted by atomic mass is 10.1. The first kappa shape index (κ1) is 14.4. The molecule has 0 amide bonds. The number of rotatable bonds is 5. The highest BCUT2D eigenvalue weighted by Gasteiger charge is 2.38. The molecule has 17 heavy (non-hydrogen) atoms. The van der Waals surface area contributed by atoms with Gasteiger partial charge in [-0.1, -0.05) is 0 Å². The minimum atomic E-state index is -3.57. The molecule has 1 rings (SSSR count). The predicted molar refractivity (Wildman–Crippen MR) is 64.0 cm³/mol. The van der Waals surface area contributed by atoms with Crippen LogP contribution in [-0.2, 0) is 19.6 Å². The summed E-state index contributed by atoms with van der Waals surface area (Å²) in [5.41, 5.74) is 0. The quantitative estimate of drug-likeness (QED) is 0.672. The van der Waals surface area contributed by atoms with E-state index in [0.29, 0.717) is 19.0 Å². The molecule has 0 aromatic heterocycles. The predicted octanol–water partition coefficient (Wildman–Crippen LogP) is -0.581. The van der Waals surface area contributed by atoms with Crippen molar-refractivity contribution >= 4 is 16.0 Å². The Hall–Kier alpha value is -0.660. The largest absolute Gasteiger partial charge is 0.468 e. The van der Waals surface area contributed by atoms with Crippen LogP contribution in [0, 0.1) is 5.92 Å². The minimum absolute atomic E-state index is 0.319. The van der Waals surface area contributed by atoms with Crippen LogP contribution in [0.15, 0.2) is 0 Å². The van der Waals surface area contributed by atoms with Crippen molar-refractivity contribution in [1.29, 1.82) is 0 Å². The summed E-state index contributed by atoms with van der Waals surface area (Å²) >= 11 is 0. The standard InChI is InChI=1S/C10H20N2O4S/c1-8(10(13)16-3)17(14,15)12-5-4-9(7-12)6-11-2/h8-9,11H,4-7H2,1-3H3. The number of esters is 1. The van der Waals surface area contributed by atoms with E-state index >= 15 is 0 Å². The number of methoxy groups -OCH3 is 1. The first-order valence-electron chi connectivity index (χ1n) is 5.64. The summed E-state index contributed by atoms with van der Waals surface area (Å²) < 4.78 is 30.0. The molecule has 100 valence electrons. The van der Waals surface area contributed by atoms with Gasteiger partial charge in [-0.2, -0.15) is 0 Å². The number of hydrogen-bond acceptors (Lipinski definition) is 5. The highest BCUT2D eigenvalue weighted by atomic mass is 32.2. The van der Waals surface area contributed by atoms with Gasteiger partial charge < -0.3 is 10.1 Å². The van der Waals surface area contributed by atoms with Gasteiger partial charge in [0.05, 0.1) is 7.11 Å². The molecule has 1 fully saturated rings. The molecule has 0 saturated carbocycles. The molecule has 2 atom stereocenters. The Morgan fingerprint density at radius 3 is 2.76 bits per heavy atom. The number of nitrogens with one attached hydrogen (secondary N) is 1. The fourth-order valence-electron chi connectivity index (χ4n) is 1.99. The first-order valence-corrected chi connectivity index (χ1v) is 7.15. The van der Waals surface area contributed by atoms with Gasteiger partial charge in [0.2, 0.25) is 10.0 Å². The van der Waals surface area contributed by atoms with Gasteiger partial charge in [0.25, 0.3) is 0 Å². The lowest BCUT2D eigenvalue weighted by Gasteiger charge is -2.20. The van der Waals surface area contributed by atoms with Crippen LogP contribution >= 0.6 is 0 Å². The SMILES string of the molecule is CNCC1CCN(S(=O)(=O)C(C)C(=O)OC)C1. The fraction of sp³-hybridized carbons (Fsp3) is 0.900. The van der Waals surface area contributed by atoms with Gasteiger partial charge in [-0.25, -0.2) is 12.7 Å². The van der Waals surface area contributed by atoms with E-state index in [4.69, 9.17) is 0 Å². The number of nitrogens with zero attached hydrogens (tertiary/aromatic N) is 1. The highest BCUT2D eigenvalue weighted by molar-refractivity contribution is 7.90. The third kappa shape index (κ3) is 3.17. The van der Waals surface area contributed by atoms with Crippen LogP contribution in [0.4, 0.5) is 0 Å². The van der Waals surface area contributed by atoms with Crippen molar-refractivity contribution in [1.82, 2.24) is 9.62 Å². The second-order valence-corrected chi connectivity index (χ2v) is 6.53. The van der Waals surface area contributed by atoms with Crippen molar-refractivity contribution in [2.45, 2.75) is 18.6 Å². The van der Waals surface area contributed by atoms with Crippen LogP contribution in [0.2, 0.25) is 0 Å². The Morgan fingerprint density at radius 1 is 1.59 bits per heavy atom. The fourth-order valence-corrected chi connectivity index (χ4v) is 3.56. The molecule has 1 heterocycles. The Kier molecular flexibility index (Phi) is 4.91. The van der Waals surface area contributed by atoms with Crippen LogP contribution in [0.1, 0.15) is 13.3 Å². The average Bonchev–Trinajstić information content (AvgIpc) is 2.76. The van der Waals surface area contributed by atoms with Gasteiger partial charge in [0.1, 0.15) is 0 Å². The van der Waals surface area contributed by atoms with E-state index in [-0.39, 0.29) is 0 Å². The van der Waals surface area contributed by atoms with Crippen molar-refractivity contribution in [3.63, 3.8) is 0 Å². The maximum absolute atomic E-state index is 12.1. The van der Waals surface area contributed by atoms with E-state index in [0.717, 1.165) is 13.0 Å². The summed E-state index contributed by atoms with van der Waals surface area (Å²) in [4.78, 5) is 11.3. The van der Waals surface area contributed by atoms with Crippen LogP contribution < -0.4 is 5.32 Å². The summed E-state index contributed by atoms with van der Waals surface area (Å²) in [6, 6.07) is 0. The normalized spacial score (nSPS) is 23.6. The Bertz CT molecular complexity index is 369.